The summed E-state index contributed by atoms with van der Waals surface area (Å²) in [5.74, 6) is 0.909. The molecule has 4 aromatic rings. The van der Waals surface area contributed by atoms with E-state index in [1.54, 1.807) is 19.4 Å². The van der Waals surface area contributed by atoms with Crippen molar-refractivity contribution in [1.82, 2.24) is 29.9 Å². The maximum absolute atomic E-state index is 10.9. The van der Waals surface area contributed by atoms with E-state index in [2.05, 4.69) is 95.5 Å². The summed E-state index contributed by atoms with van der Waals surface area (Å²) in [7, 11) is 3.06. The van der Waals surface area contributed by atoms with Crippen LogP contribution in [0.2, 0.25) is 5.28 Å². The van der Waals surface area contributed by atoms with Crippen molar-refractivity contribution in [2.45, 2.75) is 7.43 Å². The Balaban J connectivity index is 0.000000278. The van der Waals surface area contributed by atoms with Crippen LogP contribution in [0.25, 0.3) is 22.1 Å². The van der Waals surface area contributed by atoms with E-state index in [1.165, 1.54) is 13.3 Å². The first-order valence-electron chi connectivity index (χ1n) is 8.22. The Hall–Kier alpha value is -1.27. The quantitative estimate of drug-likeness (QED) is 0.174. The lowest BCUT2D eigenvalue weighted by Crippen LogP contribution is -2.09. The van der Waals surface area contributed by atoms with Crippen LogP contribution in [0, 0.1) is 0 Å². The van der Waals surface area contributed by atoms with Gasteiger partial charge in [0.05, 0.1) is 23.2 Å². The lowest BCUT2D eigenvalue weighted by atomic mass is 10.3. The zero-order valence-electron chi connectivity index (χ0n) is 16.4. The number of H-pyrrole nitrogens is 1. The average molecular weight is 700 g/mol. The van der Waals surface area contributed by atoms with E-state index in [0.29, 0.717) is 23.1 Å². The summed E-state index contributed by atoms with van der Waals surface area (Å²) < 4.78 is 21.0. The Morgan fingerprint density at radius 2 is 1.41 bits per heavy atom. The summed E-state index contributed by atoms with van der Waals surface area (Å²) in [6.45, 7) is 0. The molecule has 0 aliphatic heterocycles. The lowest BCUT2D eigenvalue weighted by molar-refractivity contribution is 0.396. The van der Waals surface area contributed by atoms with Crippen molar-refractivity contribution in [3.63, 3.8) is 0 Å². The van der Waals surface area contributed by atoms with Crippen LogP contribution in [-0.2, 0) is 4.57 Å². The van der Waals surface area contributed by atoms with E-state index in [0.717, 1.165) is 19.7 Å². The van der Waals surface area contributed by atoms with Gasteiger partial charge in [0, 0.05) is 23.2 Å². The fraction of sp³-hybridized carbons (Fsp3) is 0.176. The number of ether oxygens (including phenoxy) is 2. The van der Waals surface area contributed by atoms with Crippen molar-refractivity contribution in [3.8, 4) is 11.8 Å². The summed E-state index contributed by atoms with van der Waals surface area (Å²) in [6, 6.07) is 3.61. The minimum absolute atomic E-state index is 0. The third-order valence-electron chi connectivity index (χ3n) is 3.37. The molecular formula is C17H15Br2Cl4N6O4P. The van der Waals surface area contributed by atoms with Crippen LogP contribution in [0.15, 0.2) is 38.3 Å². The molecule has 0 aliphatic carbocycles. The van der Waals surface area contributed by atoms with Crippen molar-refractivity contribution < 1.29 is 14.0 Å². The second kappa shape index (κ2) is 13.7. The molecular weight excluding hydrogens is 685 g/mol. The molecule has 4 heterocycles. The second-order valence-electron chi connectivity index (χ2n) is 5.54. The standard InChI is InChI=1S/C8H5BrClN3O.C8H6BrN3O2.CH4.Cl3OP/c1-14-7-5(9)2-4-3-11-8(10)13-6(4)12-7;1-14-7-5(9)2-4-3-10-8(13)12-6(4)11-7;;1-5(2,3)4/h2-3H,1H3;2-3H,1H3,(H,10,11,12,13);1H4;. The van der Waals surface area contributed by atoms with Crippen molar-refractivity contribution in [3.05, 3.63) is 49.2 Å². The zero-order valence-corrected chi connectivity index (χ0v) is 23.5. The van der Waals surface area contributed by atoms with Gasteiger partial charge in [-0.1, -0.05) is 7.43 Å². The predicted molar refractivity (Wildman–Crippen MR) is 143 cm³/mol. The van der Waals surface area contributed by atoms with Gasteiger partial charge in [-0.25, -0.2) is 14.8 Å². The second-order valence-corrected chi connectivity index (χ2v) is 14.2. The fourth-order valence-electron chi connectivity index (χ4n) is 2.13. The number of nitrogens with one attached hydrogen (secondary N) is 1. The molecule has 0 atom stereocenters. The number of fused-ring (bicyclic) bond motifs is 2. The van der Waals surface area contributed by atoms with Gasteiger partial charge in [-0.2, -0.15) is 15.0 Å². The van der Waals surface area contributed by atoms with Crippen LogP contribution < -0.4 is 15.2 Å². The topological polar surface area (TPSA) is 133 Å². The molecule has 4 rings (SSSR count). The van der Waals surface area contributed by atoms with Crippen LogP contribution in [0.4, 0.5) is 0 Å². The molecule has 1 N–H and O–H groups in total. The molecule has 0 amide bonds. The van der Waals surface area contributed by atoms with Gasteiger partial charge < -0.3 is 9.47 Å². The molecule has 0 fully saturated rings. The van der Waals surface area contributed by atoms with Crippen LogP contribution in [0.5, 0.6) is 11.8 Å². The van der Waals surface area contributed by atoms with E-state index >= 15 is 0 Å². The predicted octanol–water partition coefficient (Wildman–Crippen LogP) is 6.99. The van der Waals surface area contributed by atoms with Gasteiger partial charge in [0.1, 0.15) is 5.65 Å². The van der Waals surface area contributed by atoms with Crippen molar-refractivity contribution in [1.29, 1.82) is 0 Å². The van der Waals surface area contributed by atoms with Crippen molar-refractivity contribution >= 4 is 104 Å². The van der Waals surface area contributed by atoms with Gasteiger partial charge in [-0.15, -0.1) is 0 Å². The van der Waals surface area contributed by atoms with Crippen LogP contribution in [0.1, 0.15) is 7.43 Å². The van der Waals surface area contributed by atoms with Crippen molar-refractivity contribution in [2.24, 2.45) is 0 Å². The van der Waals surface area contributed by atoms with E-state index in [9.17, 15) is 9.36 Å². The zero-order chi connectivity index (χ0) is 24.8. The smallest absolute Gasteiger partial charge is 0.346 e. The summed E-state index contributed by atoms with van der Waals surface area (Å²) >= 11 is 26.1. The number of nitrogens with zero attached hydrogens (tertiary/aromatic N) is 5. The number of methoxy groups -OCH3 is 2. The van der Waals surface area contributed by atoms with E-state index in [-0.39, 0.29) is 12.7 Å². The molecule has 34 heavy (non-hydrogen) atoms. The summed E-state index contributed by atoms with van der Waals surface area (Å²) in [6.07, 6.45) is 3.08. The Morgan fingerprint density at radius 1 is 0.912 bits per heavy atom. The molecule has 10 nitrogen and oxygen atoms in total. The lowest BCUT2D eigenvalue weighted by Gasteiger charge is -2.03. The molecule has 0 spiro atoms. The number of hydrogen-bond donors (Lipinski definition) is 1. The Labute approximate surface area is 229 Å². The highest BCUT2D eigenvalue weighted by Crippen LogP contribution is 2.61. The molecule has 184 valence electrons. The fourth-order valence-corrected chi connectivity index (χ4v) is 3.26. The van der Waals surface area contributed by atoms with E-state index in [1.807, 2.05) is 6.07 Å². The molecule has 17 heteroatoms. The Morgan fingerprint density at radius 3 is 1.97 bits per heavy atom. The van der Waals surface area contributed by atoms with Gasteiger partial charge >= 0.3 is 10.9 Å². The minimum atomic E-state index is -3.22. The summed E-state index contributed by atoms with van der Waals surface area (Å²) in [5.41, 5.74) is 0.560. The van der Waals surface area contributed by atoms with Gasteiger partial charge in [0.15, 0.2) is 5.65 Å². The van der Waals surface area contributed by atoms with E-state index < -0.39 is 10.9 Å². The monoisotopic (exact) mass is 696 g/mol. The first-order valence-corrected chi connectivity index (χ1v) is 14.6. The van der Waals surface area contributed by atoms with Crippen LogP contribution >= 0.6 is 82.4 Å². The average Bonchev–Trinajstić information content (AvgIpc) is 2.72. The van der Waals surface area contributed by atoms with Crippen molar-refractivity contribution in [2.75, 3.05) is 14.2 Å². The molecule has 0 saturated heterocycles. The summed E-state index contributed by atoms with van der Waals surface area (Å²) in [5, 5.41) is -1.49. The third-order valence-corrected chi connectivity index (χ3v) is 4.69. The molecule has 0 aliphatic rings. The highest BCUT2D eigenvalue weighted by Gasteiger charge is 2.07. The van der Waals surface area contributed by atoms with Gasteiger partial charge in [0.2, 0.25) is 17.0 Å². The highest BCUT2D eigenvalue weighted by molar-refractivity contribution is 9.10. The number of halogens is 6. The molecule has 0 radical (unpaired) electrons. The Kier molecular flexibility index (Phi) is 12.4. The first-order chi connectivity index (χ1) is 15.4. The molecule has 0 saturated carbocycles. The first kappa shape index (κ1) is 30.8. The molecule has 0 aromatic carbocycles. The Bertz CT molecular complexity index is 1380. The molecule has 4 aromatic heterocycles. The molecule has 0 bridgehead atoms. The van der Waals surface area contributed by atoms with Crippen LogP contribution in [-0.4, -0.2) is 44.1 Å². The maximum atomic E-state index is 10.9. The maximum Gasteiger partial charge on any atom is 0.346 e. The summed E-state index contributed by atoms with van der Waals surface area (Å²) in [4.78, 5) is 33.1. The van der Waals surface area contributed by atoms with E-state index in [4.69, 9.17) is 21.1 Å². The van der Waals surface area contributed by atoms with Crippen LogP contribution in [0.3, 0.4) is 0 Å². The third kappa shape index (κ3) is 9.77. The van der Waals surface area contributed by atoms with Gasteiger partial charge in [0.25, 0.3) is 0 Å². The SMILES string of the molecule is C.COc1nc2[nH]c(=O)ncc2cc1Br.COc1nc2nc(Cl)ncc2cc1Br.O=P(Cl)(Cl)Cl. The van der Waals surface area contributed by atoms with Gasteiger partial charge in [-0.05, 0) is 89.3 Å². The minimum Gasteiger partial charge on any atom is -0.480 e. The largest absolute Gasteiger partial charge is 0.480 e. The number of aromatic nitrogens is 6. The number of rotatable bonds is 2. The number of aromatic amines is 1. The molecule has 0 unspecified atom stereocenters. The highest BCUT2D eigenvalue weighted by atomic mass is 79.9. The van der Waals surface area contributed by atoms with Gasteiger partial charge in [-0.3, -0.25) is 9.55 Å². The normalized spacial score (nSPS) is 10.4. The number of pyridine rings is 2. The number of hydrogen-bond acceptors (Lipinski definition) is 9.